The van der Waals surface area contributed by atoms with Gasteiger partial charge in [0.1, 0.15) is 18.2 Å². The van der Waals surface area contributed by atoms with Crippen LogP contribution in [0.25, 0.3) is 5.69 Å². The van der Waals surface area contributed by atoms with Crippen molar-refractivity contribution in [2.75, 3.05) is 11.9 Å². The molecule has 2 heterocycles. The normalized spacial score (nSPS) is 18.3. The van der Waals surface area contributed by atoms with E-state index >= 15 is 0 Å². The molecule has 6 heteroatoms. The lowest BCUT2D eigenvalue weighted by Crippen LogP contribution is -2.22. The first-order valence-corrected chi connectivity index (χ1v) is 10.3. The molecule has 1 N–H and O–H groups in total. The molecule has 4 rings (SSSR count). The number of terminal acetylenes is 1. The third-order valence-electron chi connectivity index (χ3n) is 4.83. The highest BCUT2D eigenvalue weighted by molar-refractivity contribution is 8.01. The lowest BCUT2D eigenvalue weighted by Gasteiger charge is -2.18. The highest BCUT2D eigenvalue weighted by atomic mass is 32.2. The van der Waals surface area contributed by atoms with Crippen molar-refractivity contribution in [1.29, 1.82) is 0 Å². The monoisotopic (exact) mass is 403 g/mol. The number of hydrogen-bond acceptors (Lipinski definition) is 4. The Hall–Kier alpha value is -3.17. The first-order chi connectivity index (χ1) is 14.1. The minimum Gasteiger partial charge on any atom is -0.481 e. The van der Waals surface area contributed by atoms with Crippen LogP contribution in [0.15, 0.2) is 54.6 Å². The molecule has 0 bridgehead atoms. The molecule has 0 aliphatic carbocycles. The van der Waals surface area contributed by atoms with E-state index in [1.807, 2.05) is 73.1 Å². The Labute approximate surface area is 174 Å². The summed E-state index contributed by atoms with van der Waals surface area (Å²) in [5.41, 5.74) is 3.91. The average Bonchev–Trinajstić information content (AvgIpc) is 2.99. The number of benzene rings is 2. The number of nitrogens with zero attached hydrogens (tertiary/aromatic N) is 2. The van der Waals surface area contributed by atoms with Crippen LogP contribution in [0.3, 0.4) is 0 Å². The Morgan fingerprint density at radius 3 is 2.62 bits per heavy atom. The Balaban J connectivity index is 1.80. The second kappa shape index (κ2) is 8.06. The molecule has 1 aromatic heterocycles. The molecule has 0 saturated heterocycles. The Kier molecular flexibility index (Phi) is 5.32. The quantitative estimate of drug-likeness (QED) is 0.658. The summed E-state index contributed by atoms with van der Waals surface area (Å²) in [5.74, 6) is 3.90. The number of anilines is 1. The van der Waals surface area contributed by atoms with Crippen LogP contribution in [0.1, 0.15) is 29.0 Å². The van der Waals surface area contributed by atoms with E-state index in [-0.39, 0.29) is 23.0 Å². The Bertz CT molecular complexity index is 1070. The van der Waals surface area contributed by atoms with Gasteiger partial charge < -0.3 is 10.1 Å². The summed E-state index contributed by atoms with van der Waals surface area (Å²) in [6.07, 6.45) is 5.26. The molecule has 3 aromatic rings. The zero-order valence-electron chi connectivity index (χ0n) is 16.3. The van der Waals surface area contributed by atoms with Gasteiger partial charge in [0.2, 0.25) is 5.91 Å². The van der Waals surface area contributed by atoms with E-state index in [1.54, 1.807) is 11.8 Å². The molecular weight excluding hydrogens is 382 g/mol. The van der Waals surface area contributed by atoms with Gasteiger partial charge in [-0.15, -0.1) is 18.2 Å². The van der Waals surface area contributed by atoms with E-state index in [1.165, 1.54) is 0 Å². The van der Waals surface area contributed by atoms with Gasteiger partial charge in [0.25, 0.3) is 0 Å². The standard InChI is InChI=1S/C23H21N3O2S/c1-4-14-28-19-12-10-17(11-13-19)21-20-15(2)25-26(18-8-6-5-7-9-18)22(20)24-23(27)16(3)29-21/h1,5-13,16,21H,14H2,2-3H3,(H,24,27)/t16-,21-/m1/s1. The predicted molar refractivity (Wildman–Crippen MR) is 117 cm³/mol. The molecule has 1 aliphatic rings. The molecule has 2 atom stereocenters. The summed E-state index contributed by atoms with van der Waals surface area (Å²) in [6, 6.07) is 17.7. The molecular formula is C23H21N3O2S. The summed E-state index contributed by atoms with van der Waals surface area (Å²) in [6.45, 7) is 4.15. The van der Waals surface area contributed by atoms with Gasteiger partial charge in [-0.25, -0.2) is 4.68 Å². The topological polar surface area (TPSA) is 56.1 Å². The van der Waals surface area contributed by atoms with E-state index in [0.29, 0.717) is 0 Å². The van der Waals surface area contributed by atoms with E-state index in [0.717, 1.165) is 34.1 Å². The molecule has 1 aliphatic heterocycles. The first kappa shape index (κ1) is 19.2. The Morgan fingerprint density at radius 1 is 1.21 bits per heavy atom. The van der Waals surface area contributed by atoms with Gasteiger partial charge >= 0.3 is 0 Å². The second-order valence-electron chi connectivity index (χ2n) is 6.80. The van der Waals surface area contributed by atoms with Crippen LogP contribution >= 0.6 is 11.8 Å². The van der Waals surface area contributed by atoms with Gasteiger partial charge in [0, 0.05) is 5.56 Å². The van der Waals surface area contributed by atoms with Crippen LogP contribution in [0.5, 0.6) is 5.75 Å². The van der Waals surface area contributed by atoms with E-state index < -0.39 is 0 Å². The largest absolute Gasteiger partial charge is 0.481 e. The van der Waals surface area contributed by atoms with Crippen molar-refractivity contribution < 1.29 is 9.53 Å². The highest BCUT2D eigenvalue weighted by Gasteiger charge is 2.34. The van der Waals surface area contributed by atoms with Crippen LogP contribution in [0, 0.1) is 19.3 Å². The van der Waals surface area contributed by atoms with Gasteiger partial charge in [-0.3, -0.25) is 4.79 Å². The summed E-state index contributed by atoms with van der Waals surface area (Å²) < 4.78 is 7.31. The van der Waals surface area contributed by atoms with Gasteiger partial charge in [0.15, 0.2) is 0 Å². The number of carbonyl (C=O) groups is 1. The van der Waals surface area contributed by atoms with Gasteiger partial charge in [-0.05, 0) is 43.7 Å². The van der Waals surface area contributed by atoms with Crippen molar-refractivity contribution >= 4 is 23.5 Å². The van der Waals surface area contributed by atoms with E-state index in [4.69, 9.17) is 16.3 Å². The average molecular weight is 404 g/mol. The maximum Gasteiger partial charge on any atom is 0.238 e. The third kappa shape index (κ3) is 3.74. The molecule has 146 valence electrons. The summed E-state index contributed by atoms with van der Waals surface area (Å²) >= 11 is 1.62. The van der Waals surface area contributed by atoms with E-state index in [9.17, 15) is 4.79 Å². The molecule has 2 aromatic carbocycles. The zero-order valence-corrected chi connectivity index (χ0v) is 17.1. The minimum atomic E-state index is -0.201. The fraction of sp³-hybridized carbons (Fsp3) is 0.217. The molecule has 0 fully saturated rings. The maximum absolute atomic E-state index is 12.7. The predicted octanol–water partition coefficient (Wildman–Crippen LogP) is 4.36. The van der Waals surface area contributed by atoms with Gasteiger partial charge in [-0.2, -0.15) is 5.10 Å². The number of amides is 1. The minimum absolute atomic E-state index is 0.0233. The van der Waals surface area contributed by atoms with Gasteiger partial charge in [-0.1, -0.05) is 36.3 Å². The van der Waals surface area contributed by atoms with Crippen molar-refractivity contribution in [1.82, 2.24) is 9.78 Å². The van der Waals surface area contributed by atoms with Crippen molar-refractivity contribution in [3.8, 4) is 23.8 Å². The molecule has 0 unspecified atom stereocenters. The number of nitrogens with one attached hydrogen (secondary N) is 1. The summed E-state index contributed by atoms with van der Waals surface area (Å²) in [7, 11) is 0. The number of hydrogen-bond donors (Lipinski definition) is 1. The number of thioether (sulfide) groups is 1. The van der Waals surface area contributed by atoms with Crippen molar-refractivity contribution in [2.24, 2.45) is 0 Å². The summed E-state index contributed by atoms with van der Waals surface area (Å²) in [5, 5.41) is 7.60. The van der Waals surface area contributed by atoms with Crippen LogP contribution in [0.4, 0.5) is 5.82 Å². The summed E-state index contributed by atoms with van der Waals surface area (Å²) in [4.78, 5) is 12.7. The number of para-hydroxylation sites is 1. The van der Waals surface area contributed by atoms with Crippen molar-refractivity contribution in [2.45, 2.75) is 24.3 Å². The molecule has 29 heavy (non-hydrogen) atoms. The number of rotatable bonds is 4. The smallest absolute Gasteiger partial charge is 0.238 e. The van der Waals surface area contributed by atoms with Crippen LogP contribution in [0.2, 0.25) is 0 Å². The fourth-order valence-corrected chi connectivity index (χ4v) is 4.71. The zero-order chi connectivity index (χ0) is 20.4. The fourth-order valence-electron chi connectivity index (χ4n) is 3.39. The lowest BCUT2D eigenvalue weighted by molar-refractivity contribution is -0.115. The number of fused-ring (bicyclic) bond motifs is 1. The van der Waals surface area contributed by atoms with Crippen LogP contribution in [-0.4, -0.2) is 27.5 Å². The highest BCUT2D eigenvalue weighted by Crippen LogP contribution is 2.46. The lowest BCUT2D eigenvalue weighted by atomic mass is 10.0. The van der Waals surface area contributed by atoms with Crippen molar-refractivity contribution in [3.63, 3.8) is 0 Å². The van der Waals surface area contributed by atoms with Crippen LogP contribution < -0.4 is 10.1 Å². The molecule has 0 radical (unpaired) electrons. The molecule has 5 nitrogen and oxygen atoms in total. The number of aryl methyl sites for hydroxylation is 1. The van der Waals surface area contributed by atoms with Gasteiger partial charge in [0.05, 0.1) is 21.9 Å². The second-order valence-corrected chi connectivity index (χ2v) is 8.26. The Morgan fingerprint density at radius 2 is 1.93 bits per heavy atom. The molecule has 0 saturated carbocycles. The van der Waals surface area contributed by atoms with Crippen LogP contribution in [-0.2, 0) is 4.79 Å². The maximum atomic E-state index is 12.7. The number of ether oxygens (including phenoxy) is 1. The van der Waals surface area contributed by atoms with E-state index in [2.05, 4.69) is 11.2 Å². The van der Waals surface area contributed by atoms with Crippen molar-refractivity contribution in [3.05, 3.63) is 71.4 Å². The SMILES string of the molecule is C#CCOc1ccc([C@H]2S[C@H](C)C(=O)Nc3c2c(C)nn3-c2ccccc2)cc1. The molecule has 1 amide bonds. The first-order valence-electron chi connectivity index (χ1n) is 9.36. The molecule has 0 spiro atoms. The number of aromatic nitrogens is 2. The number of carbonyl (C=O) groups excluding carboxylic acids is 1. The third-order valence-corrected chi connectivity index (χ3v) is 6.23.